The molecule has 1 aliphatic heterocycles. The van der Waals surface area contributed by atoms with Crippen molar-refractivity contribution in [1.29, 1.82) is 5.41 Å². The zero-order valence-electron chi connectivity index (χ0n) is 19.6. The molecule has 3 aromatic rings. The Morgan fingerprint density at radius 2 is 2.00 bits per heavy atom. The molecule has 3 aromatic heterocycles. The Bertz CT molecular complexity index is 1280. The number of hydrogen-bond donors (Lipinski definition) is 3. The number of nitrogens with zero attached hydrogens (tertiary/aromatic N) is 4. The first-order valence-corrected chi connectivity index (χ1v) is 11.7. The van der Waals surface area contributed by atoms with Gasteiger partial charge in [-0.25, -0.2) is 9.51 Å². The van der Waals surface area contributed by atoms with Crippen molar-refractivity contribution in [3.63, 3.8) is 0 Å². The van der Waals surface area contributed by atoms with Crippen molar-refractivity contribution in [2.24, 2.45) is 4.99 Å². The number of likely N-dealkylation sites (tertiary alicyclic amines) is 1. The van der Waals surface area contributed by atoms with Crippen LogP contribution < -0.4 is 4.74 Å². The van der Waals surface area contributed by atoms with E-state index in [4.69, 9.17) is 19.9 Å². The molecule has 1 fully saturated rings. The Hall–Kier alpha value is -3.43. The smallest absolute Gasteiger partial charge is 0.260 e. The van der Waals surface area contributed by atoms with Gasteiger partial charge in [0, 0.05) is 30.1 Å². The van der Waals surface area contributed by atoms with Crippen LogP contribution in [-0.4, -0.2) is 75.5 Å². The van der Waals surface area contributed by atoms with Crippen molar-refractivity contribution in [2.75, 3.05) is 39.5 Å². The van der Waals surface area contributed by atoms with Gasteiger partial charge in [-0.2, -0.15) is 0 Å². The summed E-state index contributed by atoms with van der Waals surface area (Å²) >= 11 is 0. The molecule has 0 amide bonds. The highest BCUT2D eigenvalue weighted by atomic mass is 16.5. The molecule has 0 radical (unpaired) electrons. The lowest BCUT2D eigenvalue weighted by molar-refractivity contribution is 0.197. The molecule has 178 valence electrons. The summed E-state index contributed by atoms with van der Waals surface area (Å²) in [4.78, 5) is 10.7. The van der Waals surface area contributed by atoms with Crippen LogP contribution in [0.25, 0.3) is 11.3 Å². The predicted octanol–water partition coefficient (Wildman–Crippen LogP) is 3.26. The third-order valence-electron chi connectivity index (χ3n) is 6.43. The van der Waals surface area contributed by atoms with Crippen molar-refractivity contribution in [3.8, 4) is 5.88 Å². The maximum absolute atomic E-state index is 9.23. The molecule has 0 unspecified atom stereocenters. The SMILES string of the molecule is Cc1[nH]c2c(c1C)C(=N)C(=Nc1c(OCCO)nn3ccccc13)C=C2OCCN1CCCC1. The van der Waals surface area contributed by atoms with Crippen LogP contribution in [0.4, 0.5) is 5.69 Å². The van der Waals surface area contributed by atoms with E-state index in [1.807, 2.05) is 44.3 Å². The summed E-state index contributed by atoms with van der Waals surface area (Å²) in [7, 11) is 0. The van der Waals surface area contributed by atoms with Crippen molar-refractivity contribution in [1.82, 2.24) is 19.5 Å². The van der Waals surface area contributed by atoms with E-state index in [1.54, 1.807) is 4.52 Å². The van der Waals surface area contributed by atoms with Gasteiger partial charge in [-0.3, -0.25) is 10.3 Å². The number of aryl methyl sites for hydroxylation is 1. The normalized spacial score (nSPS) is 17.4. The van der Waals surface area contributed by atoms with Crippen LogP contribution in [0.2, 0.25) is 0 Å². The van der Waals surface area contributed by atoms with Gasteiger partial charge in [0.25, 0.3) is 5.88 Å². The number of aromatic nitrogens is 3. The summed E-state index contributed by atoms with van der Waals surface area (Å²) in [6, 6.07) is 5.68. The lowest BCUT2D eigenvalue weighted by Crippen LogP contribution is -2.25. The molecular weight excluding hydrogens is 432 g/mol. The molecule has 0 atom stereocenters. The Morgan fingerprint density at radius 3 is 2.79 bits per heavy atom. The largest absolute Gasteiger partial charge is 0.490 e. The molecule has 4 heterocycles. The number of aliphatic hydroxyl groups is 1. The van der Waals surface area contributed by atoms with Crippen LogP contribution >= 0.6 is 0 Å². The van der Waals surface area contributed by atoms with E-state index in [2.05, 4.69) is 15.0 Å². The van der Waals surface area contributed by atoms with Crippen LogP contribution in [0.15, 0.2) is 35.5 Å². The Balaban J connectivity index is 1.53. The number of rotatable bonds is 8. The van der Waals surface area contributed by atoms with Gasteiger partial charge in [0.1, 0.15) is 19.0 Å². The van der Waals surface area contributed by atoms with Crippen LogP contribution in [0, 0.1) is 19.3 Å². The fourth-order valence-corrected chi connectivity index (χ4v) is 4.53. The standard InChI is InChI=1S/C25H30N6O3/c1-16-17(2)27-24-20(33-13-11-30-8-5-6-9-30)15-18(22(26)21(16)24)28-23-19-7-3-4-10-31(19)29-25(23)34-14-12-32/h3-4,7,10,15,26-27,32H,5-6,8-9,11-14H2,1-2H3. The molecule has 0 saturated carbocycles. The lowest BCUT2D eigenvalue weighted by Gasteiger charge is -2.20. The molecule has 9 heteroatoms. The van der Waals surface area contributed by atoms with Crippen molar-refractivity contribution < 1.29 is 14.6 Å². The maximum atomic E-state index is 9.23. The van der Waals surface area contributed by atoms with Gasteiger partial charge in [-0.15, -0.1) is 5.10 Å². The quantitative estimate of drug-likeness (QED) is 0.476. The number of aliphatic imine (C=N–C) groups is 1. The average molecular weight is 463 g/mol. The lowest BCUT2D eigenvalue weighted by atomic mass is 9.95. The molecule has 2 aliphatic rings. The Kier molecular flexibility index (Phi) is 6.21. The number of nitrogens with one attached hydrogen (secondary N) is 2. The third kappa shape index (κ3) is 4.12. The fraction of sp³-hybridized carbons (Fsp3) is 0.400. The number of ether oxygens (including phenoxy) is 2. The summed E-state index contributed by atoms with van der Waals surface area (Å²) < 4.78 is 13.6. The monoisotopic (exact) mass is 462 g/mol. The number of pyridine rings is 1. The van der Waals surface area contributed by atoms with Gasteiger partial charge in [-0.05, 0) is 57.5 Å². The first-order chi connectivity index (χ1) is 16.6. The maximum Gasteiger partial charge on any atom is 0.260 e. The number of aromatic amines is 1. The van der Waals surface area contributed by atoms with Gasteiger partial charge in [-0.1, -0.05) is 6.07 Å². The second-order valence-corrected chi connectivity index (χ2v) is 8.66. The minimum atomic E-state index is -0.125. The number of aliphatic hydroxyl groups excluding tert-OH is 1. The number of allylic oxidation sites excluding steroid dienone is 1. The Labute approximate surface area is 198 Å². The number of H-pyrrole nitrogens is 1. The molecule has 0 spiro atoms. The van der Waals surface area contributed by atoms with E-state index in [0.717, 1.165) is 47.7 Å². The predicted molar refractivity (Wildman–Crippen MR) is 132 cm³/mol. The molecule has 1 aliphatic carbocycles. The van der Waals surface area contributed by atoms with E-state index in [9.17, 15) is 5.11 Å². The summed E-state index contributed by atoms with van der Waals surface area (Å²) in [6.45, 7) is 7.70. The van der Waals surface area contributed by atoms with E-state index in [-0.39, 0.29) is 13.2 Å². The van der Waals surface area contributed by atoms with E-state index in [1.165, 1.54) is 12.8 Å². The van der Waals surface area contributed by atoms with E-state index >= 15 is 0 Å². The highest BCUT2D eigenvalue weighted by Crippen LogP contribution is 2.35. The highest BCUT2D eigenvalue weighted by molar-refractivity contribution is 6.54. The number of fused-ring (bicyclic) bond motifs is 2. The zero-order valence-corrected chi connectivity index (χ0v) is 19.6. The van der Waals surface area contributed by atoms with Gasteiger partial charge in [0.15, 0.2) is 5.69 Å². The van der Waals surface area contributed by atoms with E-state index < -0.39 is 0 Å². The minimum Gasteiger partial charge on any atom is -0.490 e. The van der Waals surface area contributed by atoms with Gasteiger partial charge in [0.2, 0.25) is 0 Å². The topological polar surface area (TPSA) is 111 Å². The molecule has 0 aromatic carbocycles. The molecule has 5 rings (SSSR count). The molecule has 0 bridgehead atoms. The molecule has 34 heavy (non-hydrogen) atoms. The van der Waals surface area contributed by atoms with Gasteiger partial charge >= 0.3 is 0 Å². The first-order valence-electron chi connectivity index (χ1n) is 11.7. The second kappa shape index (κ2) is 9.44. The molecular formula is C25H30N6O3. The highest BCUT2D eigenvalue weighted by Gasteiger charge is 2.28. The van der Waals surface area contributed by atoms with Gasteiger partial charge in [0.05, 0.1) is 29.2 Å². The zero-order chi connectivity index (χ0) is 23.7. The van der Waals surface area contributed by atoms with Crippen molar-refractivity contribution >= 4 is 28.4 Å². The fourth-order valence-electron chi connectivity index (χ4n) is 4.53. The summed E-state index contributed by atoms with van der Waals surface area (Å²) in [5.41, 5.74) is 5.75. The molecule has 3 N–H and O–H groups in total. The second-order valence-electron chi connectivity index (χ2n) is 8.66. The van der Waals surface area contributed by atoms with E-state index in [0.29, 0.717) is 35.4 Å². The van der Waals surface area contributed by atoms with Gasteiger partial charge < -0.3 is 19.6 Å². The van der Waals surface area contributed by atoms with Crippen molar-refractivity contribution in [3.05, 3.63) is 53.0 Å². The summed E-state index contributed by atoms with van der Waals surface area (Å²) in [6.07, 6.45) is 6.14. The molecule has 1 saturated heterocycles. The van der Waals surface area contributed by atoms with Crippen LogP contribution in [0.5, 0.6) is 5.88 Å². The third-order valence-corrected chi connectivity index (χ3v) is 6.43. The van der Waals surface area contributed by atoms with Crippen LogP contribution in [0.3, 0.4) is 0 Å². The Morgan fingerprint density at radius 1 is 1.18 bits per heavy atom. The van der Waals surface area contributed by atoms with Crippen LogP contribution in [0.1, 0.15) is 35.4 Å². The first kappa shape index (κ1) is 22.4. The molecule has 9 nitrogen and oxygen atoms in total. The summed E-state index contributed by atoms with van der Waals surface area (Å²) in [5, 5.41) is 22.6. The minimum absolute atomic E-state index is 0.111. The van der Waals surface area contributed by atoms with Crippen molar-refractivity contribution in [2.45, 2.75) is 26.7 Å². The number of hydrogen-bond acceptors (Lipinski definition) is 7. The average Bonchev–Trinajstić information content (AvgIpc) is 3.54. The summed E-state index contributed by atoms with van der Waals surface area (Å²) in [5.74, 6) is 1.01. The van der Waals surface area contributed by atoms with Crippen LogP contribution in [-0.2, 0) is 4.74 Å².